The number of nitrogens with zero attached hydrogens (tertiary/aromatic N) is 1. The first kappa shape index (κ1) is 11.9. The third-order valence-corrected chi connectivity index (χ3v) is 3.54. The normalized spacial score (nSPS) is 14.2. The van der Waals surface area contributed by atoms with Crippen LogP contribution in [-0.4, -0.2) is 10.1 Å². The van der Waals surface area contributed by atoms with E-state index < -0.39 is 5.60 Å². The average molecular weight is 249 g/mol. The molecular formula is C17H15NO. The van der Waals surface area contributed by atoms with Crippen LogP contribution in [0.25, 0.3) is 10.8 Å². The zero-order valence-corrected chi connectivity index (χ0v) is 10.7. The van der Waals surface area contributed by atoms with Gasteiger partial charge in [-0.3, -0.25) is 4.98 Å². The van der Waals surface area contributed by atoms with Gasteiger partial charge in [0.15, 0.2) is 0 Å². The quantitative estimate of drug-likeness (QED) is 0.754. The van der Waals surface area contributed by atoms with Crippen molar-refractivity contribution in [2.75, 3.05) is 0 Å². The van der Waals surface area contributed by atoms with Gasteiger partial charge in [0.2, 0.25) is 0 Å². The van der Waals surface area contributed by atoms with Crippen molar-refractivity contribution in [3.63, 3.8) is 0 Å². The van der Waals surface area contributed by atoms with Crippen LogP contribution >= 0.6 is 0 Å². The molecule has 19 heavy (non-hydrogen) atoms. The van der Waals surface area contributed by atoms with E-state index in [4.69, 9.17) is 0 Å². The van der Waals surface area contributed by atoms with Crippen LogP contribution < -0.4 is 0 Å². The molecule has 0 saturated heterocycles. The van der Waals surface area contributed by atoms with Crippen LogP contribution in [0.1, 0.15) is 18.1 Å². The number of aliphatic hydroxyl groups is 1. The fraction of sp³-hybridized carbons (Fsp3) is 0.118. The molecule has 0 aliphatic heterocycles. The minimum atomic E-state index is -1.02. The predicted octanol–water partition coefficient (Wildman–Crippen LogP) is 3.49. The first-order valence-corrected chi connectivity index (χ1v) is 6.31. The van der Waals surface area contributed by atoms with Crippen molar-refractivity contribution < 1.29 is 5.11 Å². The van der Waals surface area contributed by atoms with Crippen molar-refractivity contribution in [2.45, 2.75) is 12.5 Å². The highest BCUT2D eigenvalue weighted by molar-refractivity contribution is 5.86. The van der Waals surface area contributed by atoms with Crippen molar-refractivity contribution >= 4 is 10.8 Å². The molecule has 2 heteroatoms. The summed E-state index contributed by atoms with van der Waals surface area (Å²) in [4.78, 5) is 4.17. The molecule has 0 bridgehead atoms. The zero-order valence-electron chi connectivity index (χ0n) is 10.7. The van der Waals surface area contributed by atoms with Crippen LogP contribution in [-0.2, 0) is 5.60 Å². The van der Waals surface area contributed by atoms with Crippen LogP contribution in [0, 0.1) is 0 Å². The third-order valence-electron chi connectivity index (χ3n) is 3.54. The van der Waals surface area contributed by atoms with Gasteiger partial charge in [0.25, 0.3) is 0 Å². The first-order chi connectivity index (χ1) is 9.19. The molecule has 1 atom stereocenters. The zero-order chi connectivity index (χ0) is 13.3. The van der Waals surface area contributed by atoms with E-state index in [0.717, 1.165) is 21.9 Å². The van der Waals surface area contributed by atoms with Gasteiger partial charge < -0.3 is 5.11 Å². The maximum Gasteiger partial charge on any atom is 0.112 e. The minimum Gasteiger partial charge on any atom is -0.381 e. The second-order valence-electron chi connectivity index (χ2n) is 4.84. The average Bonchev–Trinajstić information content (AvgIpc) is 2.47. The number of pyridine rings is 1. The SMILES string of the molecule is CC(O)(c1ccccc1)c1cccc2ccncc12. The van der Waals surface area contributed by atoms with E-state index in [1.54, 1.807) is 6.20 Å². The molecule has 1 heterocycles. The highest BCUT2D eigenvalue weighted by Crippen LogP contribution is 2.33. The Balaban J connectivity index is 2.24. The molecule has 0 fully saturated rings. The molecule has 0 aliphatic rings. The first-order valence-electron chi connectivity index (χ1n) is 6.31. The van der Waals surface area contributed by atoms with E-state index >= 15 is 0 Å². The lowest BCUT2D eigenvalue weighted by molar-refractivity contribution is 0.104. The number of hydrogen-bond donors (Lipinski definition) is 1. The molecule has 0 amide bonds. The number of rotatable bonds is 2. The van der Waals surface area contributed by atoms with E-state index in [-0.39, 0.29) is 0 Å². The summed E-state index contributed by atoms with van der Waals surface area (Å²) in [6.45, 7) is 1.82. The molecule has 94 valence electrons. The monoisotopic (exact) mass is 249 g/mol. The second kappa shape index (κ2) is 4.48. The van der Waals surface area contributed by atoms with Crippen LogP contribution in [0.4, 0.5) is 0 Å². The Bertz CT molecular complexity index is 699. The van der Waals surface area contributed by atoms with E-state index in [0.29, 0.717) is 0 Å². The molecular weight excluding hydrogens is 234 g/mol. The summed E-state index contributed by atoms with van der Waals surface area (Å²) < 4.78 is 0. The van der Waals surface area contributed by atoms with Crippen LogP contribution in [0.3, 0.4) is 0 Å². The van der Waals surface area contributed by atoms with Gasteiger partial charge >= 0.3 is 0 Å². The Kier molecular flexibility index (Phi) is 2.80. The summed E-state index contributed by atoms with van der Waals surface area (Å²) in [6, 6.07) is 17.6. The van der Waals surface area contributed by atoms with E-state index in [9.17, 15) is 5.11 Å². The molecule has 2 aromatic carbocycles. The smallest absolute Gasteiger partial charge is 0.112 e. The lowest BCUT2D eigenvalue weighted by Gasteiger charge is -2.25. The van der Waals surface area contributed by atoms with Crippen LogP contribution in [0.5, 0.6) is 0 Å². The van der Waals surface area contributed by atoms with E-state index in [1.165, 1.54) is 0 Å². The van der Waals surface area contributed by atoms with Crippen LogP contribution in [0.15, 0.2) is 67.0 Å². The fourth-order valence-electron chi connectivity index (χ4n) is 2.46. The van der Waals surface area contributed by atoms with Crippen molar-refractivity contribution in [3.8, 4) is 0 Å². The number of hydrogen-bond acceptors (Lipinski definition) is 2. The highest BCUT2D eigenvalue weighted by atomic mass is 16.3. The topological polar surface area (TPSA) is 33.1 Å². The number of aromatic nitrogens is 1. The number of fused-ring (bicyclic) bond motifs is 1. The fourth-order valence-corrected chi connectivity index (χ4v) is 2.46. The van der Waals surface area contributed by atoms with Gasteiger partial charge in [0, 0.05) is 17.8 Å². The molecule has 0 spiro atoms. The summed E-state index contributed by atoms with van der Waals surface area (Å²) in [5, 5.41) is 13.0. The van der Waals surface area contributed by atoms with Crippen molar-refractivity contribution in [1.29, 1.82) is 0 Å². The molecule has 1 aromatic heterocycles. The van der Waals surface area contributed by atoms with Crippen molar-refractivity contribution in [1.82, 2.24) is 4.98 Å². The summed E-state index contributed by atoms with van der Waals surface area (Å²) >= 11 is 0. The van der Waals surface area contributed by atoms with E-state index in [1.807, 2.05) is 67.7 Å². The molecule has 3 aromatic rings. The Morgan fingerprint density at radius 3 is 2.53 bits per heavy atom. The van der Waals surface area contributed by atoms with Crippen LogP contribution in [0.2, 0.25) is 0 Å². The second-order valence-corrected chi connectivity index (χ2v) is 4.84. The molecule has 1 N–H and O–H groups in total. The van der Waals surface area contributed by atoms with Gasteiger partial charge in [0.05, 0.1) is 0 Å². The largest absolute Gasteiger partial charge is 0.381 e. The molecule has 0 radical (unpaired) electrons. The third kappa shape index (κ3) is 2.00. The van der Waals surface area contributed by atoms with Gasteiger partial charge in [-0.25, -0.2) is 0 Å². The van der Waals surface area contributed by atoms with Crippen molar-refractivity contribution in [3.05, 3.63) is 78.1 Å². The standard InChI is InChI=1S/C17H15NO/c1-17(19,14-7-3-2-4-8-14)16-9-5-6-13-10-11-18-12-15(13)16/h2-12,19H,1H3. The molecule has 3 rings (SSSR count). The summed E-state index contributed by atoms with van der Waals surface area (Å²) in [7, 11) is 0. The van der Waals surface area contributed by atoms with Crippen molar-refractivity contribution in [2.24, 2.45) is 0 Å². The lowest BCUT2D eigenvalue weighted by Crippen LogP contribution is -2.23. The molecule has 0 aliphatic carbocycles. The lowest BCUT2D eigenvalue weighted by atomic mass is 9.86. The maximum atomic E-state index is 10.9. The predicted molar refractivity (Wildman–Crippen MR) is 76.9 cm³/mol. The maximum absolute atomic E-state index is 10.9. The minimum absolute atomic E-state index is 0.879. The van der Waals surface area contributed by atoms with Gasteiger partial charge in [-0.1, -0.05) is 48.5 Å². The molecule has 1 unspecified atom stereocenters. The van der Waals surface area contributed by atoms with E-state index in [2.05, 4.69) is 4.98 Å². The summed E-state index contributed by atoms with van der Waals surface area (Å²) in [5.41, 5.74) is 0.736. The van der Waals surface area contributed by atoms with Gasteiger partial charge in [0.1, 0.15) is 5.60 Å². The Hall–Kier alpha value is -2.19. The Morgan fingerprint density at radius 2 is 1.74 bits per heavy atom. The summed E-state index contributed by atoms with van der Waals surface area (Å²) in [5.74, 6) is 0. The van der Waals surface area contributed by atoms with Gasteiger partial charge in [-0.2, -0.15) is 0 Å². The Labute approximate surface area is 112 Å². The van der Waals surface area contributed by atoms with Gasteiger partial charge in [-0.05, 0) is 29.5 Å². The van der Waals surface area contributed by atoms with Gasteiger partial charge in [-0.15, -0.1) is 0 Å². The summed E-state index contributed by atoms with van der Waals surface area (Å²) in [6.07, 6.45) is 3.57. The number of benzene rings is 2. The molecule has 2 nitrogen and oxygen atoms in total. The Morgan fingerprint density at radius 1 is 0.947 bits per heavy atom. The molecule has 0 saturated carbocycles. The highest BCUT2D eigenvalue weighted by Gasteiger charge is 2.27.